The normalized spacial score (nSPS) is 12.5. The van der Waals surface area contributed by atoms with E-state index in [0.717, 1.165) is 0 Å². The third-order valence-electron chi connectivity index (χ3n) is 7.82. The predicted molar refractivity (Wildman–Crippen MR) is 191 cm³/mol. The van der Waals surface area contributed by atoms with Gasteiger partial charge in [-0.15, -0.1) is 0 Å². The Balaban J connectivity index is 1.99. The van der Waals surface area contributed by atoms with Gasteiger partial charge in [0.25, 0.3) is 0 Å². The molecule has 0 bridgehead atoms. The van der Waals surface area contributed by atoms with E-state index < -0.39 is 36.8 Å². The summed E-state index contributed by atoms with van der Waals surface area (Å²) in [5.41, 5.74) is 3.46. The fourth-order valence-corrected chi connectivity index (χ4v) is 19.6. The molecule has 3 aromatic heterocycles. The van der Waals surface area contributed by atoms with Crippen LogP contribution in [0, 0.1) is 0 Å². The van der Waals surface area contributed by atoms with Crippen molar-refractivity contribution in [3.63, 3.8) is 0 Å². The molecule has 0 atom stereocenters. The van der Waals surface area contributed by atoms with Crippen LogP contribution in [0.25, 0.3) is 19.5 Å². The molecule has 3 rings (SSSR count). The minimum Gasteiger partial charge on any atom is -0.0654 e. The molecule has 0 aliphatic carbocycles. The van der Waals surface area contributed by atoms with Crippen LogP contribution in [0.4, 0.5) is 0 Å². The van der Waals surface area contributed by atoms with Gasteiger partial charge in [-0.3, -0.25) is 0 Å². The summed E-state index contributed by atoms with van der Waals surface area (Å²) in [4.78, 5) is 21.8. The summed E-state index contributed by atoms with van der Waals surface area (Å²) in [6, 6.07) is 9.97. The summed E-state index contributed by atoms with van der Waals surface area (Å²) in [5.74, 6) is 0. The van der Waals surface area contributed by atoms with Gasteiger partial charge >= 0.3 is 251 Å². The second-order valence-corrected chi connectivity index (χ2v) is 47.6. The molecule has 0 spiro atoms. The van der Waals surface area contributed by atoms with Gasteiger partial charge in [-0.1, -0.05) is 13.8 Å². The van der Waals surface area contributed by atoms with Crippen molar-refractivity contribution in [3.8, 4) is 19.5 Å². The van der Waals surface area contributed by atoms with Crippen LogP contribution in [0.1, 0.15) is 102 Å². The second kappa shape index (κ2) is 16.5. The van der Waals surface area contributed by atoms with Gasteiger partial charge in [0.2, 0.25) is 0 Å². The Morgan fingerprint density at radius 2 is 0.821 bits per heavy atom. The van der Waals surface area contributed by atoms with Gasteiger partial charge in [0.1, 0.15) is 0 Å². The van der Waals surface area contributed by atoms with E-state index in [0.29, 0.717) is 0 Å². The number of hydrogen-bond acceptors (Lipinski definition) is 3. The Hall–Kier alpha value is 0.697. The first kappa shape index (κ1) is 34.2. The maximum atomic E-state index is 2.57. The molecular formula is C34H56S3Sn2. The molecule has 0 saturated heterocycles. The monoisotopic (exact) mass is 800 g/mol. The molecule has 0 aliphatic rings. The molecule has 5 heteroatoms. The van der Waals surface area contributed by atoms with E-state index >= 15 is 0 Å². The minimum atomic E-state index is -2.08. The Morgan fingerprint density at radius 1 is 0.462 bits per heavy atom. The molecule has 39 heavy (non-hydrogen) atoms. The quantitative estimate of drug-likeness (QED) is 0.0888. The first-order valence-electron chi connectivity index (χ1n) is 15.9. The number of hydrogen-bond donors (Lipinski definition) is 0. The van der Waals surface area contributed by atoms with Crippen molar-refractivity contribution >= 4 is 76.6 Å². The van der Waals surface area contributed by atoms with Gasteiger partial charge in [0.15, 0.2) is 0 Å². The van der Waals surface area contributed by atoms with E-state index in [1.165, 1.54) is 89.9 Å². The Bertz CT molecular complexity index is 1030. The first-order chi connectivity index (χ1) is 18.6. The summed E-state index contributed by atoms with van der Waals surface area (Å²) >= 11 is 2.28. The molecule has 0 aromatic carbocycles. The molecule has 3 heterocycles. The minimum absolute atomic E-state index is 1.27. The number of unbranched alkanes of at least 4 members (excludes halogenated alkanes) is 10. The van der Waals surface area contributed by atoms with Crippen LogP contribution in [0.3, 0.4) is 0 Å². The fourth-order valence-electron chi connectivity index (χ4n) is 5.32. The van der Waals surface area contributed by atoms with Crippen molar-refractivity contribution in [2.45, 2.75) is 133 Å². The molecule has 218 valence electrons. The fraction of sp³-hybridized carbons (Fsp3) is 0.647. The summed E-state index contributed by atoms with van der Waals surface area (Å²) in [6.45, 7) is 4.65. The molecule has 3 aromatic rings. The van der Waals surface area contributed by atoms with E-state index in [1.807, 2.05) is 0 Å². The number of rotatable bonds is 18. The van der Waals surface area contributed by atoms with Gasteiger partial charge in [0, 0.05) is 0 Å². The molecule has 0 unspecified atom stereocenters. The molecule has 0 fully saturated rings. The van der Waals surface area contributed by atoms with E-state index in [-0.39, 0.29) is 0 Å². The standard InChI is InChI=1S/C28H38S3.6CH3.2Sn/c1-3-5-7-9-11-13-17-23-24(18-14-12-10-8-6-4-2)28(26-20-16-22-30-26)31-27(23)25-19-15-21-29-25;;;;;;;;/h15-16,19-20H,3-14,17-18H2,1-2H3;6*1H3;;. The Labute approximate surface area is 262 Å². The van der Waals surface area contributed by atoms with Gasteiger partial charge in [0.05, 0.1) is 0 Å². The molecule has 0 N–H and O–H groups in total. The SMILES string of the molecule is CCCCCCCCc1c(-c2cc[c]([Sn]([CH3])([CH3])[CH3])s2)sc(-c2cc[c]([Sn]([CH3])([CH3])[CH3])s2)c1CCCCCCCC. The van der Waals surface area contributed by atoms with Crippen molar-refractivity contribution in [1.82, 2.24) is 0 Å². The van der Waals surface area contributed by atoms with Crippen LogP contribution in [0.2, 0.25) is 29.6 Å². The maximum absolute atomic E-state index is 2.57. The van der Waals surface area contributed by atoms with Crippen LogP contribution >= 0.6 is 34.0 Å². The van der Waals surface area contributed by atoms with Gasteiger partial charge in [-0.2, -0.15) is 0 Å². The van der Waals surface area contributed by atoms with Crippen LogP contribution < -0.4 is 5.79 Å². The van der Waals surface area contributed by atoms with Crippen LogP contribution in [-0.2, 0) is 12.8 Å². The van der Waals surface area contributed by atoms with Gasteiger partial charge < -0.3 is 0 Å². The molecular weight excluding hydrogens is 742 g/mol. The van der Waals surface area contributed by atoms with Crippen molar-refractivity contribution in [3.05, 3.63) is 35.4 Å². The van der Waals surface area contributed by atoms with Gasteiger partial charge in [-0.05, 0) is 0 Å². The third-order valence-corrected chi connectivity index (χ3v) is 30.6. The van der Waals surface area contributed by atoms with E-state index in [4.69, 9.17) is 0 Å². The predicted octanol–water partition coefficient (Wildman–Crippen LogP) is 12.1. The zero-order chi connectivity index (χ0) is 28.5. The van der Waals surface area contributed by atoms with Crippen molar-refractivity contribution < 1.29 is 0 Å². The zero-order valence-corrected chi connectivity index (χ0v) is 34.6. The Morgan fingerprint density at radius 3 is 1.15 bits per heavy atom. The molecule has 0 nitrogen and oxygen atoms in total. The topological polar surface area (TPSA) is 0 Å². The summed E-state index contributed by atoms with van der Waals surface area (Å²) in [6.07, 6.45) is 19.1. The number of thiophene rings is 3. The summed E-state index contributed by atoms with van der Waals surface area (Å²) in [5, 5.41) is 0. The zero-order valence-electron chi connectivity index (χ0n) is 26.4. The average Bonchev–Trinajstić information content (AvgIpc) is 3.61. The van der Waals surface area contributed by atoms with Crippen molar-refractivity contribution in [1.29, 1.82) is 0 Å². The van der Waals surface area contributed by atoms with Crippen LogP contribution in [0.15, 0.2) is 24.3 Å². The average molecular weight is 798 g/mol. The van der Waals surface area contributed by atoms with E-state index in [9.17, 15) is 0 Å². The van der Waals surface area contributed by atoms with Crippen LogP contribution in [0.5, 0.6) is 0 Å². The molecule has 0 amide bonds. The van der Waals surface area contributed by atoms with E-state index in [1.54, 1.807) is 36.4 Å². The van der Waals surface area contributed by atoms with Crippen molar-refractivity contribution in [2.75, 3.05) is 0 Å². The molecule has 0 saturated carbocycles. The first-order valence-corrected chi connectivity index (χ1v) is 38.3. The van der Waals surface area contributed by atoms with Crippen LogP contribution in [-0.4, -0.2) is 36.8 Å². The third kappa shape index (κ3) is 10.4. The molecule has 0 aliphatic heterocycles. The second-order valence-electron chi connectivity index (χ2n) is 13.6. The van der Waals surface area contributed by atoms with Crippen molar-refractivity contribution in [2.24, 2.45) is 0 Å². The summed E-state index contributed by atoms with van der Waals surface area (Å²) in [7, 11) is 0. The Kier molecular flexibility index (Phi) is 14.5. The van der Waals surface area contributed by atoms with E-state index in [2.05, 4.69) is 102 Å². The smallest absolute Gasteiger partial charge is 0.0654 e. The summed E-state index contributed by atoms with van der Waals surface area (Å²) < 4.78 is 3.44. The molecule has 0 radical (unpaired) electrons. The van der Waals surface area contributed by atoms with Gasteiger partial charge in [-0.25, -0.2) is 0 Å².